The van der Waals surface area contributed by atoms with Crippen LogP contribution in [0.2, 0.25) is 0 Å². The van der Waals surface area contributed by atoms with Gasteiger partial charge in [0.25, 0.3) is 0 Å². The number of hydrogen-bond acceptors (Lipinski definition) is 6. The molecule has 3 heterocycles. The number of amides is 1. The number of carbonyl (C=O) groups is 2. The molecule has 1 amide bonds. The van der Waals surface area contributed by atoms with Crippen LogP contribution >= 0.6 is 24.8 Å². The Bertz CT molecular complexity index is 649. The number of pyridine rings is 1. The first-order valence-corrected chi connectivity index (χ1v) is 10.9. The van der Waals surface area contributed by atoms with Crippen LogP contribution in [0.15, 0.2) is 24.5 Å². The minimum Gasteiger partial charge on any atom is -0.466 e. The zero-order valence-electron chi connectivity index (χ0n) is 18.4. The molecule has 1 aromatic heterocycles. The van der Waals surface area contributed by atoms with E-state index >= 15 is 0 Å². The smallest absolute Gasteiger partial charge is 0.302 e. The van der Waals surface area contributed by atoms with Crippen LogP contribution in [-0.4, -0.2) is 79.1 Å². The fraction of sp³-hybridized carbons (Fsp3) is 0.682. The summed E-state index contributed by atoms with van der Waals surface area (Å²) in [5.41, 5.74) is 1.24. The third kappa shape index (κ3) is 9.21. The molecule has 176 valence electrons. The molecule has 2 aliphatic rings. The number of aromatic nitrogens is 1. The lowest BCUT2D eigenvalue weighted by Crippen LogP contribution is -2.46. The molecule has 1 aromatic rings. The average molecular weight is 475 g/mol. The Balaban J connectivity index is 0.00000240. The number of nitrogens with zero attached hydrogens (tertiary/aromatic N) is 4. The van der Waals surface area contributed by atoms with Crippen molar-refractivity contribution in [1.82, 2.24) is 14.8 Å². The Morgan fingerprint density at radius 1 is 1.03 bits per heavy atom. The topological polar surface area (TPSA) is 66.0 Å². The van der Waals surface area contributed by atoms with Crippen molar-refractivity contribution in [2.75, 3.05) is 57.3 Å². The van der Waals surface area contributed by atoms with Gasteiger partial charge in [-0.05, 0) is 50.3 Å². The molecule has 0 bridgehead atoms. The van der Waals surface area contributed by atoms with Crippen LogP contribution in [0, 0.1) is 5.92 Å². The number of carbonyl (C=O) groups excluding carboxylic acids is 2. The number of likely N-dealkylation sites (tertiary alicyclic amines) is 1. The van der Waals surface area contributed by atoms with Crippen LogP contribution in [0.5, 0.6) is 0 Å². The Morgan fingerprint density at radius 3 is 2.29 bits per heavy atom. The van der Waals surface area contributed by atoms with Gasteiger partial charge in [-0.1, -0.05) is 0 Å². The second-order valence-electron chi connectivity index (χ2n) is 8.09. The molecule has 31 heavy (non-hydrogen) atoms. The van der Waals surface area contributed by atoms with Crippen molar-refractivity contribution in [3.8, 4) is 0 Å². The van der Waals surface area contributed by atoms with Crippen molar-refractivity contribution in [3.05, 3.63) is 24.5 Å². The summed E-state index contributed by atoms with van der Waals surface area (Å²) in [7, 11) is 0. The number of anilines is 1. The van der Waals surface area contributed by atoms with Gasteiger partial charge < -0.3 is 14.5 Å². The van der Waals surface area contributed by atoms with Crippen LogP contribution in [0.4, 0.5) is 5.69 Å². The maximum absolute atomic E-state index is 12.5. The quantitative estimate of drug-likeness (QED) is 0.539. The molecule has 0 aromatic carbocycles. The van der Waals surface area contributed by atoms with E-state index in [-0.39, 0.29) is 30.8 Å². The summed E-state index contributed by atoms with van der Waals surface area (Å²) in [5.74, 6) is 0.644. The number of hydrogen-bond donors (Lipinski definition) is 0. The molecule has 0 unspecified atom stereocenters. The summed E-state index contributed by atoms with van der Waals surface area (Å²) in [5, 5.41) is 0. The maximum atomic E-state index is 12.5. The van der Waals surface area contributed by atoms with Crippen molar-refractivity contribution in [2.45, 2.75) is 39.0 Å². The summed E-state index contributed by atoms with van der Waals surface area (Å²) in [6.07, 6.45) is 8.20. The molecule has 0 aliphatic carbocycles. The van der Waals surface area contributed by atoms with E-state index in [4.69, 9.17) is 4.74 Å². The SMILES string of the molecule is CC(=O)OCCC1CCN(C(=O)CCCN2CCN(c3ccncc3)CC2)CC1.Cl.Cl. The highest BCUT2D eigenvalue weighted by Gasteiger charge is 2.23. The molecule has 3 rings (SSSR count). The number of rotatable bonds is 8. The van der Waals surface area contributed by atoms with Gasteiger partial charge >= 0.3 is 5.97 Å². The molecule has 9 heteroatoms. The highest BCUT2D eigenvalue weighted by Crippen LogP contribution is 2.21. The maximum Gasteiger partial charge on any atom is 0.302 e. The van der Waals surface area contributed by atoms with Crippen molar-refractivity contribution < 1.29 is 14.3 Å². The van der Waals surface area contributed by atoms with E-state index in [1.54, 1.807) is 0 Å². The van der Waals surface area contributed by atoms with Crippen LogP contribution < -0.4 is 4.90 Å². The molecular formula is C22H36Cl2N4O3. The van der Waals surface area contributed by atoms with Gasteiger partial charge in [0.15, 0.2) is 0 Å². The van der Waals surface area contributed by atoms with Crippen molar-refractivity contribution in [3.63, 3.8) is 0 Å². The zero-order valence-corrected chi connectivity index (χ0v) is 20.0. The monoisotopic (exact) mass is 474 g/mol. The molecule has 2 aliphatic heterocycles. The fourth-order valence-corrected chi connectivity index (χ4v) is 4.24. The van der Waals surface area contributed by atoms with Gasteiger partial charge in [-0.15, -0.1) is 24.8 Å². The number of esters is 1. The number of piperidine rings is 1. The Kier molecular flexibility index (Phi) is 12.8. The molecule has 0 atom stereocenters. The largest absolute Gasteiger partial charge is 0.466 e. The summed E-state index contributed by atoms with van der Waals surface area (Å²) in [6.45, 7) is 8.77. The summed E-state index contributed by atoms with van der Waals surface area (Å²) in [4.78, 5) is 34.3. The highest BCUT2D eigenvalue weighted by atomic mass is 35.5. The van der Waals surface area contributed by atoms with E-state index in [0.717, 1.165) is 71.5 Å². The van der Waals surface area contributed by atoms with Crippen LogP contribution in [-0.2, 0) is 14.3 Å². The average Bonchev–Trinajstić information content (AvgIpc) is 2.75. The van der Waals surface area contributed by atoms with Crippen LogP contribution in [0.25, 0.3) is 0 Å². The standard InChI is InChI=1S/C22H34N4O3.2ClH/c1-19(27)29-18-8-20-6-12-26(13-7-20)22(28)3-2-11-24-14-16-25(17-15-24)21-4-9-23-10-5-21;;/h4-5,9-10,20H,2-3,6-8,11-18H2,1H3;2*1H. The molecule has 7 nitrogen and oxygen atoms in total. The fourth-order valence-electron chi connectivity index (χ4n) is 4.24. The minimum atomic E-state index is -0.212. The van der Waals surface area contributed by atoms with E-state index in [2.05, 4.69) is 26.9 Å². The third-order valence-corrected chi connectivity index (χ3v) is 6.06. The van der Waals surface area contributed by atoms with Gasteiger partial charge in [0.2, 0.25) is 5.91 Å². The van der Waals surface area contributed by atoms with Crippen molar-refractivity contribution in [2.24, 2.45) is 5.92 Å². The van der Waals surface area contributed by atoms with E-state index in [1.165, 1.54) is 12.6 Å². The zero-order chi connectivity index (χ0) is 20.5. The Labute approximate surface area is 198 Å². The summed E-state index contributed by atoms with van der Waals surface area (Å²) in [6, 6.07) is 4.13. The van der Waals surface area contributed by atoms with Gasteiger partial charge in [-0.2, -0.15) is 0 Å². The molecule has 2 saturated heterocycles. The first kappa shape index (κ1) is 27.5. The summed E-state index contributed by atoms with van der Waals surface area (Å²) < 4.78 is 5.03. The summed E-state index contributed by atoms with van der Waals surface area (Å²) >= 11 is 0. The van der Waals surface area contributed by atoms with Gasteiger partial charge in [0.1, 0.15) is 0 Å². The van der Waals surface area contributed by atoms with Gasteiger partial charge in [-0.25, -0.2) is 0 Å². The van der Waals surface area contributed by atoms with Gasteiger partial charge in [0, 0.05) is 70.7 Å². The normalized spacial score (nSPS) is 17.5. The van der Waals surface area contributed by atoms with Crippen molar-refractivity contribution in [1.29, 1.82) is 0 Å². The Morgan fingerprint density at radius 2 is 1.68 bits per heavy atom. The van der Waals surface area contributed by atoms with E-state index in [1.807, 2.05) is 17.3 Å². The first-order valence-electron chi connectivity index (χ1n) is 10.9. The second-order valence-corrected chi connectivity index (χ2v) is 8.09. The van der Waals surface area contributed by atoms with Crippen LogP contribution in [0.1, 0.15) is 39.0 Å². The van der Waals surface area contributed by atoms with Crippen molar-refractivity contribution >= 4 is 42.4 Å². The lowest BCUT2D eigenvalue weighted by Gasteiger charge is -2.36. The van der Waals surface area contributed by atoms with Gasteiger partial charge in [-0.3, -0.25) is 19.5 Å². The first-order chi connectivity index (χ1) is 14.1. The lowest BCUT2D eigenvalue weighted by atomic mass is 9.93. The molecule has 0 spiro atoms. The van der Waals surface area contributed by atoms with E-state index in [9.17, 15) is 9.59 Å². The predicted octanol–water partition coefficient (Wildman–Crippen LogP) is 3.02. The van der Waals surface area contributed by atoms with E-state index < -0.39 is 0 Å². The number of halogens is 2. The molecule has 2 fully saturated rings. The Hall–Kier alpha value is -1.57. The number of piperazine rings is 1. The van der Waals surface area contributed by atoms with Crippen LogP contribution in [0.3, 0.4) is 0 Å². The molecule has 0 radical (unpaired) electrons. The molecular weight excluding hydrogens is 439 g/mol. The minimum absolute atomic E-state index is 0. The van der Waals surface area contributed by atoms with Gasteiger partial charge in [0.05, 0.1) is 6.61 Å². The molecule has 0 saturated carbocycles. The second kappa shape index (κ2) is 14.5. The number of ether oxygens (including phenoxy) is 1. The highest BCUT2D eigenvalue weighted by molar-refractivity contribution is 5.85. The predicted molar refractivity (Wildman–Crippen MR) is 127 cm³/mol. The van der Waals surface area contributed by atoms with E-state index in [0.29, 0.717) is 24.9 Å². The lowest BCUT2D eigenvalue weighted by molar-refractivity contribution is -0.141. The molecule has 0 N–H and O–H groups in total. The third-order valence-electron chi connectivity index (χ3n) is 6.06.